The molecule has 0 aromatic heterocycles. The second-order valence-electron chi connectivity index (χ2n) is 3.88. The van der Waals surface area contributed by atoms with E-state index in [1.54, 1.807) is 0 Å². The Morgan fingerprint density at radius 3 is 1.75 bits per heavy atom. The fourth-order valence-electron chi connectivity index (χ4n) is 0. The molecule has 0 amide bonds. The van der Waals surface area contributed by atoms with Crippen LogP contribution in [-0.4, -0.2) is 9.02 Å². The first-order valence-electron chi connectivity index (χ1n) is 3.50. The van der Waals surface area contributed by atoms with Crippen molar-refractivity contribution in [3.8, 4) is 0 Å². The lowest BCUT2D eigenvalue weighted by Gasteiger charge is -2.32. The Labute approximate surface area is 57.4 Å². The highest BCUT2D eigenvalue weighted by Crippen LogP contribution is 2.39. The summed E-state index contributed by atoms with van der Waals surface area (Å²) in [6.07, 6.45) is 0. The van der Waals surface area contributed by atoms with Gasteiger partial charge in [-0.25, -0.2) is 0 Å². The molecule has 1 atom stereocenters. The van der Waals surface area contributed by atoms with Gasteiger partial charge in [-0.2, -0.15) is 0 Å². The molecule has 0 aromatic rings. The monoisotopic (exact) mass is 150 g/mol. The molecule has 0 radical (unpaired) electrons. The Bertz CT molecular complexity index is 95.7. The van der Waals surface area contributed by atoms with Gasteiger partial charge < -0.3 is 0 Å². The van der Waals surface area contributed by atoms with Gasteiger partial charge in [-0.05, 0) is 5.04 Å². The van der Waals surface area contributed by atoms with Crippen molar-refractivity contribution in [3.63, 3.8) is 0 Å². The van der Waals surface area contributed by atoms with Crippen LogP contribution in [0.4, 0.5) is 0 Å². The molecule has 0 aliphatic rings. The van der Waals surface area contributed by atoms with Gasteiger partial charge in [-0.15, -0.1) is 8.73 Å². The molecule has 0 fully saturated rings. The van der Waals surface area contributed by atoms with Crippen molar-refractivity contribution in [2.45, 2.75) is 38.9 Å². The SMILES string of the molecule is [3H]P[Si](C)(C)C(C)(C)C. The summed E-state index contributed by atoms with van der Waals surface area (Å²) in [7, 11) is -0.760. The first kappa shape index (κ1) is 6.76. The minimum atomic E-state index is -1.18. The first-order valence-corrected chi connectivity index (χ1v) is 7.50. The summed E-state index contributed by atoms with van der Waals surface area (Å²) < 4.78 is 7.35. The summed E-state index contributed by atoms with van der Waals surface area (Å²) >= 11 is 0. The van der Waals surface area contributed by atoms with Crippen molar-refractivity contribution in [3.05, 3.63) is 0 Å². The third-order valence-electron chi connectivity index (χ3n) is 1.88. The molecular weight excluding hydrogens is 131 g/mol. The van der Waals surface area contributed by atoms with E-state index in [4.69, 9.17) is 1.28 Å². The van der Waals surface area contributed by atoms with Crippen LogP contribution in [0.25, 0.3) is 0 Å². The van der Waals surface area contributed by atoms with Crippen LogP contribution in [0.15, 0.2) is 0 Å². The van der Waals surface area contributed by atoms with Gasteiger partial charge in [0.2, 0.25) is 0 Å². The first-order chi connectivity index (χ1) is 3.81. The van der Waals surface area contributed by atoms with Crippen LogP contribution in [0.2, 0.25) is 18.1 Å². The lowest BCUT2D eigenvalue weighted by atomic mass is 10.2. The molecule has 0 aliphatic heterocycles. The van der Waals surface area contributed by atoms with E-state index in [2.05, 4.69) is 33.9 Å². The molecule has 0 saturated carbocycles. The van der Waals surface area contributed by atoms with Crippen molar-refractivity contribution < 1.29 is 0 Å². The zero-order chi connectivity index (χ0) is 7.71. The van der Waals surface area contributed by atoms with Gasteiger partial charge >= 0.3 is 0 Å². The Morgan fingerprint density at radius 1 is 1.38 bits per heavy atom. The third-order valence-corrected chi connectivity index (χ3v) is 7.88. The number of rotatable bonds is 1. The number of hydrogen-bond donors (Lipinski definition) is 0. The highest BCUT2D eigenvalue weighted by atomic mass is 31.3. The second-order valence-corrected chi connectivity index (χ2v) is 12.4. The van der Waals surface area contributed by atoms with Crippen molar-refractivity contribution in [2.75, 3.05) is 0 Å². The summed E-state index contributed by atoms with van der Waals surface area (Å²) in [5.74, 6) is 0. The predicted octanol–water partition coefficient (Wildman–Crippen LogP) is 2.87. The van der Waals surface area contributed by atoms with Gasteiger partial charge in [-0.3, -0.25) is 0 Å². The van der Waals surface area contributed by atoms with E-state index in [1.807, 2.05) is 0 Å². The Balaban J connectivity index is 4.14. The molecule has 8 heavy (non-hydrogen) atoms. The quantitative estimate of drug-likeness (QED) is 0.398. The molecule has 2 heteroatoms. The van der Waals surface area contributed by atoms with Crippen molar-refractivity contribution in [1.29, 1.82) is 1.28 Å². The maximum absolute atomic E-state index is 7.35. The minimum Gasteiger partial charge on any atom is -0.148 e. The van der Waals surface area contributed by atoms with Crippen LogP contribution in [0.5, 0.6) is 0 Å². The maximum atomic E-state index is 7.35. The van der Waals surface area contributed by atoms with Gasteiger partial charge in [0, 0.05) is 0 Å². The van der Waals surface area contributed by atoms with Crippen LogP contribution in [-0.2, 0) is 0 Å². The average molecular weight is 150 g/mol. The zero-order valence-corrected chi connectivity index (χ0v) is 8.50. The van der Waals surface area contributed by atoms with E-state index in [-0.39, 0.29) is 0 Å². The summed E-state index contributed by atoms with van der Waals surface area (Å²) in [5.41, 5.74) is 0. The third kappa shape index (κ3) is 2.28. The fourth-order valence-corrected chi connectivity index (χ4v) is 0. The predicted molar refractivity (Wildman–Crippen MR) is 46.9 cm³/mol. The molecule has 0 bridgehead atoms. The van der Waals surface area contributed by atoms with Gasteiger partial charge in [0.15, 0.2) is 0 Å². The smallest absolute Gasteiger partial charge is 0.0737 e. The summed E-state index contributed by atoms with van der Waals surface area (Å²) in [5, 5.41) is 0.410. The Kier molecular flexibility index (Phi) is 1.79. The molecule has 0 heterocycles. The Hall–Kier alpha value is 0.647. The van der Waals surface area contributed by atoms with Gasteiger partial charge in [0.25, 0.3) is 0 Å². The molecule has 0 saturated heterocycles. The standard InChI is InChI=1S/C6H17PSi/c1-6(2,3)8(4,5)7/h7H2,1-5H3/i7T. The van der Waals surface area contributed by atoms with Crippen molar-refractivity contribution >= 4 is 16.5 Å². The molecule has 1 unspecified atom stereocenters. The van der Waals surface area contributed by atoms with Crippen molar-refractivity contribution in [1.82, 2.24) is 0 Å². The second kappa shape index (κ2) is 2.11. The average Bonchev–Trinajstić information content (AvgIpc) is 1.64. The van der Waals surface area contributed by atoms with Crippen LogP contribution in [0.1, 0.15) is 20.8 Å². The number of hydrogen-bond acceptors (Lipinski definition) is 0. The lowest BCUT2D eigenvalue weighted by Crippen LogP contribution is -2.29. The molecule has 0 N–H and O–H groups in total. The molecule has 50 valence electrons. The van der Waals surface area contributed by atoms with Gasteiger partial charge in [0.05, 0.1) is 9.02 Å². The summed E-state index contributed by atoms with van der Waals surface area (Å²) in [6, 6.07) is 0. The summed E-state index contributed by atoms with van der Waals surface area (Å²) in [4.78, 5) is 0. The van der Waals surface area contributed by atoms with Crippen LogP contribution in [0.3, 0.4) is 0 Å². The van der Waals surface area contributed by atoms with Gasteiger partial charge in [0.1, 0.15) is 0 Å². The normalized spacial score (nSPS) is 17.4. The topological polar surface area (TPSA) is 0 Å². The van der Waals surface area contributed by atoms with E-state index in [9.17, 15) is 0 Å². The van der Waals surface area contributed by atoms with E-state index >= 15 is 0 Å². The van der Waals surface area contributed by atoms with Gasteiger partial charge in [-0.1, -0.05) is 33.9 Å². The summed E-state index contributed by atoms with van der Waals surface area (Å²) in [6.45, 7) is 11.3. The van der Waals surface area contributed by atoms with E-state index in [1.165, 1.54) is 0 Å². The minimum absolute atomic E-state index is 0.410. The molecule has 0 aromatic carbocycles. The Morgan fingerprint density at radius 2 is 1.75 bits per heavy atom. The van der Waals surface area contributed by atoms with Crippen LogP contribution >= 0.6 is 8.73 Å². The van der Waals surface area contributed by atoms with Crippen molar-refractivity contribution in [2.24, 2.45) is 0 Å². The molecular formula is C6H17PSi. The lowest BCUT2D eigenvalue weighted by molar-refractivity contribution is 0.736. The highest BCUT2D eigenvalue weighted by molar-refractivity contribution is 7.69. The van der Waals surface area contributed by atoms with E-state index in [0.29, 0.717) is 13.8 Å². The van der Waals surface area contributed by atoms with E-state index in [0.717, 1.165) is 0 Å². The molecule has 0 spiro atoms. The zero-order valence-electron chi connectivity index (χ0n) is 7.50. The largest absolute Gasteiger partial charge is 0.148 e. The maximum Gasteiger partial charge on any atom is 0.0737 e. The van der Waals surface area contributed by atoms with E-state index < -0.39 is 7.74 Å². The molecule has 0 nitrogen and oxygen atoms in total. The van der Waals surface area contributed by atoms with Crippen LogP contribution < -0.4 is 0 Å². The highest BCUT2D eigenvalue weighted by Gasteiger charge is 2.29. The fraction of sp³-hybridized carbons (Fsp3) is 1.00. The molecule has 0 aliphatic carbocycles. The van der Waals surface area contributed by atoms with Crippen LogP contribution in [0, 0.1) is 0 Å². The molecule has 0 rings (SSSR count).